The second kappa shape index (κ2) is 5.96. The molecule has 0 bridgehead atoms. The largest absolute Gasteiger partial charge is 0.416 e. The van der Waals surface area contributed by atoms with Crippen molar-refractivity contribution in [2.45, 2.75) is 37.9 Å². The fourth-order valence-corrected chi connectivity index (χ4v) is 3.22. The number of benzene rings is 1. The molecular weight excluding hydrogens is 325 g/mol. The van der Waals surface area contributed by atoms with E-state index in [4.69, 9.17) is 0 Å². The van der Waals surface area contributed by atoms with Crippen LogP contribution in [0.1, 0.15) is 58.3 Å². The zero-order valence-electron chi connectivity index (χ0n) is 12.4. The summed E-state index contributed by atoms with van der Waals surface area (Å²) in [4.78, 5) is 16.5. The number of rotatable bonds is 4. The van der Waals surface area contributed by atoms with Crippen LogP contribution in [0.5, 0.6) is 0 Å². The number of halogens is 3. The second-order valence-corrected chi connectivity index (χ2v) is 6.55. The lowest BCUT2D eigenvalue weighted by molar-refractivity contribution is -0.137. The average Bonchev–Trinajstić information content (AvgIpc) is 3.23. The molecule has 0 aliphatic heterocycles. The van der Waals surface area contributed by atoms with E-state index in [1.54, 1.807) is 18.4 Å². The Labute approximate surface area is 135 Å². The highest BCUT2D eigenvalue weighted by Gasteiger charge is 2.31. The Balaban J connectivity index is 1.70. The van der Waals surface area contributed by atoms with Crippen LogP contribution in [0.4, 0.5) is 13.2 Å². The predicted octanol–water partition coefficient (Wildman–Crippen LogP) is 4.53. The van der Waals surface area contributed by atoms with Gasteiger partial charge in [0.05, 0.1) is 16.6 Å². The van der Waals surface area contributed by atoms with Crippen molar-refractivity contribution in [3.63, 3.8) is 0 Å². The van der Waals surface area contributed by atoms with E-state index < -0.39 is 17.8 Å². The van der Waals surface area contributed by atoms with E-state index in [0.717, 1.165) is 30.0 Å². The molecule has 1 N–H and O–H groups in total. The van der Waals surface area contributed by atoms with E-state index in [9.17, 15) is 18.0 Å². The molecule has 1 atom stereocenters. The highest BCUT2D eigenvalue weighted by atomic mass is 32.1. The lowest BCUT2D eigenvalue weighted by Crippen LogP contribution is -2.27. The number of nitrogens with one attached hydrogen (secondary N) is 1. The van der Waals surface area contributed by atoms with E-state index >= 15 is 0 Å². The molecule has 1 aromatic heterocycles. The molecule has 0 saturated heterocycles. The van der Waals surface area contributed by atoms with E-state index in [1.807, 2.05) is 0 Å². The van der Waals surface area contributed by atoms with E-state index in [-0.39, 0.29) is 5.91 Å². The van der Waals surface area contributed by atoms with Crippen LogP contribution in [0.25, 0.3) is 0 Å². The van der Waals surface area contributed by atoms with Gasteiger partial charge in [-0.1, -0.05) is 12.1 Å². The van der Waals surface area contributed by atoms with Gasteiger partial charge in [-0.15, -0.1) is 11.3 Å². The molecule has 1 aliphatic carbocycles. The van der Waals surface area contributed by atoms with Crippen molar-refractivity contribution in [1.29, 1.82) is 0 Å². The first-order valence-corrected chi connectivity index (χ1v) is 8.16. The quantitative estimate of drug-likeness (QED) is 0.888. The third-order valence-corrected chi connectivity index (χ3v) is 4.75. The Morgan fingerprint density at radius 2 is 2.13 bits per heavy atom. The van der Waals surface area contributed by atoms with Crippen LogP contribution in [-0.2, 0) is 6.18 Å². The summed E-state index contributed by atoms with van der Waals surface area (Å²) in [5, 5.41) is 5.36. The molecule has 7 heteroatoms. The first kappa shape index (κ1) is 16.0. The van der Waals surface area contributed by atoms with Crippen LogP contribution >= 0.6 is 11.3 Å². The number of carbonyl (C=O) groups excluding carboxylic acids is 1. The molecule has 1 saturated carbocycles. The molecule has 1 unspecified atom stereocenters. The summed E-state index contributed by atoms with van der Waals surface area (Å²) < 4.78 is 38.2. The van der Waals surface area contributed by atoms with Crippen molar-refractivity contribution in [1.82, 2.24) is 10.3 Å². The SMILES string of the molecule is CC(NC(=O)c1csc(C2CC2)n1)c1cccc(C(F)(F)F)c1. The maximum Gasteiger partial charge on any atom is 0.416 e. The Hall–Kier alpha value is -1.89. The fourth-order valence-electron chi connectivity index (χ4n) is 2.25. The minimum Gasteiger partial charge on any atom is -0.344 e. The van der Waals surface area contributed by atoms with Gasteiger partial charge in [-0.05, 0) is 37.5 Å². The number of thiazole rings is 1. The molecule has 2 aromatic rings. The van der Waals surface area contributed by atoms with Crippen LogP contribution < -0.4 is 5.32 Å². The fraction of sp³-hybridized carbons (Fsp3) is 0.375. The molecular formula is C16H15F3N2OS. The topological polar surface area (TPSA) is 42.0 Å². The summed E-state index contributed by atoms with van der Waals surface area (Å²) in [5.74, 6) is 0.112. The normalized spacial score (nSPS) is 16.2. The van der Waals surface area contributed by atoms with Crippen molar-refractivity contribution >= 4 is 17.2 Å². The summed E-state index contributed by atoms with van der Waals surface area (Å²) >= 11 is 1.46. The lowest BCUT2D eigenvalue weighted by Gasteiger charge is -2.15. The maximum atomic E-state index is 12.7. The van der Waals surface area contributed by atoms with Crippen LogP contribution in [0.2, 0.25) is 0 Å². The van der Waals surface area contributed by atoms with Gasteiger partial charge in [-0.2, -0.15) is 13.2 Å². The van der Waals surface area contributed by atoms with Gasteiger partial charge in [0.2, 0.25) is 0 Å². The molecule has 23 heavy (non-hydrogen) atoms. The van der Waals surface area contributed by atoms with Gasteiger partial charge in [0, 0.05) is 11.3 Å². The Bertz CT molecular complexity index is 722. The van der Waals surface area contributed by atoms with Crippen LogP contribution in [-0.4, -0.2) is 10.9 Å². The molecule has 1 aromatic carbocycles. The summed E-state index contributed by atoms with van der Waals surface area (Å²) in [6.07, 6.45) is -2.18. The second-order valence-electron chi connectivity index (χ2n) is 5.66. The smallest absolute Gasteiger partial charge is 0.344 e. The molecule has 0 spiro atoms. The molecule has 1 amide bonds. The first-order valence-electron chi connectivity index (χ1n) is 7.28. The Kier molecular flexibility index (Phi) is 4.14. The van der Waals surface area contributed by atoms with Gasteiger partial charge in [0.15, 0.2) is 0 Å². The zero-order chi connectivity index (χ0) is 16.6. The monoisotopic (exact) mass is 340 g/mol. The van der Waals surface area contributed by atoms with Gasteiger partial charge in [0.1, 0.15) is 5.69 Å². The van der Waals surface area contributed by atoms with Gasteiger partial charge in [0.25, 0.3) is 5.91 Å². The highest BCUT2D eigenvalue weighted by molar-refractivity contribution is 7.10. The predicted molar refractivity (Wildman–Crippen MR) is 81.4 cm³/mol. The Morgan fingerprint density at radius 1 is 1.39 bits per heavy atom. The molecule has 122 valence electrons. The van der Waals surface area contributed by atoms with Gasteiger partial charge in [-0.25, -0.2) is 4.98 Å². The number of nitrogens with zero attached hydrogens (tertiary/aromatic N) is 1. The maximum absolute atomic E-state index is 12.7. The third-order valence-electron chi connectivity index (χ3n) is 3.74. The van der Waals surface area contributed by atoms with Gasteiger partial charge in [-0.3, -0.25) is 4.79 Å². The summed E-state index contributed by atoms with van der Waals surface area (Å²) in [7, 11) is 0. The number of carbonyl (C=O) groups is 1. The van der Waals surface area contributed by atoms with Crippen LogP contribution in [0.3, 0.4) is 0 Å². The number of hydrogen-bond donors (Lipinski definition) is 1. The highest BCUT2D eigenvalue weighted by Crippen LogP contribution is 2.41. The van der Waals surface area contributed by atoms with E-state index in [1.165, 1.54) is 17.4 Å². The molecule has 3 rings (SSSR count). The minimum absolute atomic E-state index is 0.329. The molecule has 3 nitrogen and oxygen atoms in total. The summed E-state index contributed by atoms with van der Waals surface area (Å²) in [5.41, 5.74) is 0.0160. The molecule has 1 heterocycles. The third kappa shape index (κ3) is 3.72. The number of hydrogen-bond acceptors (Lipinski definition) is 3. The average molecular weight is 340 g/mol. The standard InChI is InChI=1S/C16H15F3N2OS/c1-9(11-3-2-4-12(7-11)16(17,18)19)20-14(22)13-8-23-15(21-13)10-5-6-10/h2-4,7-10H,5-6H2,1H3,(H,20,22). The minimum atomic E-state index is -4.40. The van der Waals surface area contributed by atoms with Gasteiger partial charge >= 0.3 is 6.18 Å². The van der Waals surface area contributed by atoms with Crippen molar-refractivity contribution in [3.8, 4) is 0 Å². The molecule has 1 aliphatic rings. The summed E-state index contributed by atoms with van der Waals surface area (Å²) in [6, 6.07) is 4.45. The Morgan fingerprint density at radius 3 is 2.78 bits per heavy atom. The van der Waals surface area contributed by atoms with E-state index in [0.29, 0.717) is 17.2 Å². The van der Waals surface area contributed by atoms with Crippen LogP contribution in [0, 0.1) is 0 Å². The zero-order valence-corrected chi connectivity index (χ0v) is 13.2. The first-order chi connectivity index (χ1) is 10.8. The van der Waals surface area contributed by atoms with Crippen molar-refractivity contribution in [2.24, 2.45) is 0 Å². The number of alkyl halides is 3. The number of aromatic nitrogens is 1. The van der Waals surface area contributed by atoms with Crippen LogP contribution in [0.15, 0.2) is 29.6 Å². The van der Waals surface area contributed by atoms with Crippen molar-refractivity contribution in [3.05, 3.63) is 51.5 Å². The summed E-state index contributed by atoms with van der Waals surface area (Å²) in [6.45, 7) is 1.65. The van der Waals surface area contributed by atoms with Crippen molar-refractivity contribution < 1.29 is 18.0 Å². The molecule has 0 radical (unpaired) electrons. The lowest BCUT2D eigenvalue weighted by atomic mass is 10.0. The van der Waals surface area contributed by atoms with Crippen molar-refractivity contribution in [2.75, 3.05) is 0 Å². The van der Waals surface area contributed by atoms with Gasteiger partial charge < -0.3 is 5.32 Å². The number of amides is 1. The van der Waals surface area contributed by atoms with E-state index in [2.05, 4.69) is 10.3 Å². The molecule has 1 fully saturated rings.